The summed E-state index contributed by atoms with van der Waals surface area (Å²) >= 11 is 0. The standard InChI is InChI=1S/C20H27N3O3S/c1-15(16-9-7-6-8-10-16)13-20(24)21-18-14-17(27(25,26)23(4)5)11-12-19(18)22(2)3/h6-12,14-15H,13H2,1-5H3,(H,21,24). The lowest BCUT2D eigenvalue weighted by atomic mass is 9.97. The Balaban J connectivity index is 2.26. The Labute approximate surface area is 161 Å². The molecule has 27 heavy (non-hydrogen) atoms. The number of sulfonamides is 1. The molecule has 0 fully saturated rings. The van der Waals surface area contributed by atoms with Crippen molar-refractivity contribution in [3.05, 3.63) is 54.1 Å². The van der Waals surface area contributed by atoms with E-state index in [9.17, 15) is 13.2 Å². The predicted molar refractivity (Wildman–Crippen MR) is 110 cm³/mol. The summed E-state index contributed by atoms with van der Waals surface area (Å²) in [5.74, 6) is -0.100. The largest absolute Gasteiger partial charge is 0.376 e. The highest BCUT2D eigenvalue weighted by Gasteiger charge is 2.20. The summed E-state index contributed by atoms with van der Waals surface area (Å²) in [5, 5.41) is 2.88. The van der Waals surface area contributed by atoms with E-state index >= 15 is 0 Å². The first-order valence-corrected chi connectivity index (χ1v) is 10.2. The average Bonchev–Trinajstić information content (AvgIpc) is 2.61. The molecule has 0 saturated carbocycles. The van der Waals surface area contributed by atoms with Gasteiger partial charge in [0.15, 0.2) is 0 Å². The molecule has 2 aromatic rings. The third-order valence-corrected chi connectivity index (χ3v) is 6.17. The van der Waals surface area contributed by atoms with E-state index in [0.717, 1.165) is 15.6 Å². The number of rotatable bonds is 7. The van der Waals surface area contributed by atoms with Gasteiger partial charge in [0.05, 0.1) is 16.3 Å². The number of amides is 1. The molecule has 1 amide bonds. The van der Waals surface area contributed by atoms with Gasteiger partial charge in [0.2, 0.25) is 15.9 Å². The quantitative estimate of drug-likeness (QED) is 0.790. The maximum absolute atomic E-state index is 12.6. The summed E-state index contributed by atoms with van der Waals surface area (Å²) in [4.78, 5) is 14.6. The van der Waals surface area contributed by atoms with Crippen molar-refractivity contribution < 1.29 is 13.2 Å². The summed E-state index contributed by atoms with van der Waals surface area (Å²) in [7, 11) is 3.07. The molecule has 146 valence electrons. The van der Waals surface area contributed by atoms with Crippen molar-refractivity contribution >= 4 is 27.3 Å². The predicted octanol–water partition coefficient (Wildman–Crippen LogP) is 3.14. The van der Waals surface area contributed by atoms with Gasteiger partial charge in [-0.25, -0.2) is 12.7 Å². The van der Waals surface area contributed by atoms with Crippen LogP contribution in [-0.4, -0.2) is 46.8 Å². The summed E-state index contributed by atoms with van der Waals surface area (Å²) in [5.41, 5.74) is 2.31. The van der Waals surface area contributed by atoms with Crippen LogP contribution in [0.4, 0.5) is 11.4 Å². The Morgan fingerprint density at radius 3 is 2.22 bits per heavy atom. The Morgan fingerprint density at radius 2 is 1.67 bits per heavy atom. The molecular weight excluding hydrogens is 362 g/mol. The Morgan fingerprint density at radius 1 is 1.04 bits per heavy atom. The van der Waals surface area contributed by atoms with E-state index in [2.05, 4.69) is 5.32 Å². The molecule has 1 atom stereocenters. The fourth-order valence-electron chi connectivity index (χ4n) is 2.76. The molecule has 0 spiro atoms. The highest BCUT2D eigenvalue weighted by Crippen LogP contribution is 2.29. The van der Waals surface area contributed by atoms with E-state index in [1.807, 2.05) is 56.3 Å². The van der Waals surface area contributed by atoms with Crippen molar-refractivity contribution in [2.75, 3.05) is 38.4 Å². The first-order chi connectivity index (χ1) is 12.6. The molecule has 0 bridgehead atoms. The Kier molecular flexibility index (Phi) is 6.62. The third kappa shape index (κ3) is 5.08. The highest BCUT2D eigenvalue weighted by molar-refractivity contribution is 7.89. The fourth-order valence-corrected chi connectivity index (χ4v) is 3.68. The van der Waals surface area contributed by atoms with E-state index in [4.69, 9.17) is 0 Å². The number of nitrogens with zero attached hydrogens (tertiary/aromatic N) is 2. The van der Waals surface area contributed by atoms with Gasteiger partial charge in [0.1, 0.15) is 0 Å². The van der Waals surface area contributed by atoms with Crippen LogP contribution in [0, 0.1) is 0 Å². The van der Waals surface area contributed by atoms with Crippen LogP contribution < -0.4 is 10.2 Å². The minimum Gasteiger partial charge on any atom is -0.376 e. The van der Waals surface area contributed by atoms with Crippen LogP contribution in [0.1, 0.15) is 24.8 Å². The van der Waals surface area contributed by atoms with Gasteiger partial charge in [0.25, 0.3) is 0 Å². The smallest absolute Gasteiger partial charge is 0.242 e. The first-order valence-electron chi connectivity index (χ1n) is 8.71. The topological polar surface area (TPSA) is 69.7 Å². The molecule has 7 heteroatoms. The van der Waals surface area contributed by atoms with Gasteiger partial charge in [-0.1, -0.05) is 37.3 Å². The van der Waals surface area contributed by atoms with Gasteiger partial charge < -0.3 is 10.2 Å². The molecule has 1 N–H and O–H groups in total. The monoisotopic (exact) mass is 389 g/mol. The number of benzene rings is 2. The molecule has 0 radical (unpaired) electrons. The van der Waals surface area contributed by atoms with Crippen LogP contribution in [0.15, 0.2) is 53.4 Å². The molecule has 0 aliphatic carbocycles. The summed E-state index contributed by atoms with van der Waals surface area (Å²) in [6.07, 6.45) is 0.307. The molecule has 6 nitrogen and oxygen atoms in total. The molecule has 0 aromatic heterocycles. The van der Waals surface area contributed by atoms with Crippen LogP contribution >= 0.6 is 0 Å². The molecule has 0 aliphatic rings. The normalized spacial score (nSPS) is 12.7. The van der Waals surface area contributed by atoms with Gasteiger partial charge in [0, 0.05) is 34.6 Å². The van der Waals surface area contributed by atoms with Crippen LogP contribution in [0.3, 0.4) is 0 Å². The summed E-state index contributed by atoms with van der Waals surface area (Å²) < 4.78 is 26.0. The van der Waals surface area contributed by atoms with Crippen molar-refractivity contribution in [1.82, 2.24) is 4.31 Å². The van der Waals surface area contributed by atoms with Crippen molar-refractivity contribution in [2.45, 2.75) is 24.2 Å². The molecule has 0 heterocycles. The van der Waals surface area contributed by atoms with Crippen molar-refractivity contribution in [2.24, 2.45) is 0 Å². The number of anilines is 2. The molecule has 0 aliphatic heterocycles. The lowest BCUT2D eigenvalue weighted by molar-refractivity contribution is -0.116. The van der Waals surface area contributed by atoms with Crippen LogP contribution in [-0.2, 0) is 14.8 Å². The van der Waals surface area contributed by atoms with Gasteiger partial charge in [-0.05, 0) is 29.7 Å². The minimum absolute atomic E-state index is 0.0581. The highest BCUT2D eigenvalue weighted by atomic mass is 32.2. The fraction of sp³-hybridized carbons (Fsp3) is 0.350. The SMILES string of the molecule is CC(CC(=O)Nc1cc(S(=O)(=O)N(C)C)ccc1N(C)C)c1ccccc1. The number of nitrogens with one attached hydrogen (secondary N) is 1. The zero-order chi connectivity index (χ0) is 20.2. The lowest BCUT2D eigenvalue weighted by Crippen LogP contribution is -2.23. The van der Waals surface area contributed by atoms with Crippen molar-refractivity contribution in [3.63, 3.8) is 0 Å². The van der Waals surface area contributed by atoms with Gasteiger partial charge >= 0.3 is 0 Å². The zero-order valence-electron chi connectivity index (χ0n) is 16.4. The number of carbonyl (C=O) groups excluding carboxylic acids is 1. The summed E-state index contributed by atoms with van der Waals surface area (Å²) in [6.45, 7) is 1.99. The van der Waals surface area contributed by atoms with E-state index in [1.165, 1.54) is 20.2 Å². The van der Waals surface area contributed by atoms with E-state index in [-0.39, 0.29) is 16.7 Å². The second kappa shape index (κ2) is 8.54. The van der Waals surface area contributed by atoms with E-state index in [0.29, 0.717) is 12.1 Å². The van der Waals surface area contributed by atoms with Gasteiger partial charge in [-0.2, -0.15) is 0 Å². The van der Waals surface area contributed by atoms with Crippen LogP contribution in [0.25, 0.3) is 0 Å². The van der Waals surface area contributed by atoms with Crippen molar-refractivity contribution in [3.8, 4) is 0 Å². The third-order valence-electron chi connectivity index (χ3n) is 4.36. The Bertz CT molecular complexity index is 894. The minimum atomic E-state index is -3.58. The molecule has 0 saturated heterocycles. The number of hydrogen-bond donors (Lipinski definition) is 1. The first kappa shape index (κ1) is 20.9. The Hall–Kier alpha value is -2.38. The summed E-state index contributed by atoms with van der Waals surface area (Å²) in [6, 6.07) is 14.6. The maximum atomic E-state index is 12.6. The van der Waals surface area contributed by atoms with Gasteiger partial charge in [-0.3, -0.25) is 4.79 Å². The maximum Gasteiger partial charge on any atom is 0.242 e. The second-order valence-corrected chi connectivity index (χ2v) is 9.08. The van der Waals surface area contributed by atoms with E-state index < -0.39 is 10.0 Å². The van der Waals surface area contributed by atoms with Crippen LogP contribution in [0.5, 0.6) is 0 Å². The number of hydrogen-bond acceptors (Lipinski definition) is 4. The van der Waals surface area contributed by atoms with Crippen molar-refractivity contribution in [1.29, 1.82) is 0 Å². The lowest BCUT2D eigenvalue weighted by Gasteiger charge is -2.21. The zero-order valence-corrected chi connectivity index (χ0v) is 17.2. The van der Waals surface area contributed by atoms with Crippen LogP contribution in [0.2, 0.25) is 0 Å². The second-order valence-electron chi connectivity index (χ2n) is 6.92. The number of carbonyl (C=O) groups is 1. The molecular formula is C20H27N3O3S. The average molecular weight is 390 g/mol. The molecule has 2 aromatic carbocycles. The van der Waals surface area contributed by atoms with E-state index in [1.54, 1.807) is 12.1 Å². The molecule has 1 unspecified atom stereocenters. The molecule has 2 rings (SSSR count). The van der Waals surface area contributed by atoms with Gasteiger partial charge in [-0.15, -0.1) is 0 Å².